The average molecular weight is 361 g/mol. The Morgan fingerprint density at radius 1 is 1.04 bits per heavy atom. The number of rotatable bonds is 7. The minimum Gasteiger partial charge on any atom is -0.461 e. The summed E-state index contributed by atoms with van der Waals surface area (Å²) in [5, 5.41) is 2.90. The van der Waals surface area contributed by atoms with E-state index in [0.29, 0.717) is 10.6 Å². The van der Waals surface area contributed by atoms with Crippen molar-refractivity contribution in [1.29, 1.82) is 0 Å². The number of hydrogen-bond donors (Lipinski definition) is 2. The van der Waals surface area contributed by atoms with E-state index in [4.69, 9.17) is 22.1 Å². The molecule has 2 aromatic carbocycles. The van der Waals surface area contributed by atoms with Gasteiger partial charge in [-0.05, 0) is 29.8 Å². The Hall–Kier alpha value is -2.86. The van der Waals surface area contributed by atoms with Gasteiger partial charge >= 0.3 is 5.97 Å². The quantitative estimate of drug-likeness (QED) is 0.738. The van der Waals surface area contributed by atoms with Crippen LogP contribution in [0.4, 0.5) is 0 Å². The number of primary amides is 1. The fourth-order valence-corrected chi connectivity index (χ4v) is 2.16. The Morgan fingerprint density at radius 3 is 2.28 bits per heavy atom. The Kier molecular flexibility index (Phi) is 6.54. The molecule has 130 valence electrons. The van der Waals surface area contributed by atoms with Gasteiger partial charge in [0.25, 0.3) is 5.91 Å². The first-order chi connectivity index (χ1) is 12.0. The normalized spacial score (nSPS) is 11.4. The summed E-state index contributed by atoms with van der Waals surface area (Å²) < 4.78 is 5.10. The fourth-order valence-electron chi connectivity index (χ4n) is 2.03. The molecule has 0 spiro atoms. The highest BCUT2D eigenvalue weighted by Crippen LogP contribution is 2.10. The first-order valence-electron chi connectivity index (χ1n) is 7.51. The number of amides is 2. The summed E-state index contributed by atoms with van der Waals surface area (Å²) in [6.45, 7) is 0.0796. The van der Waals surface area contributed by atoms with Crippen molar-refractivity contribution in [2.24, 2.45) is 5.73 Å². The lowest BCUT2D eigenvalue weighted by Gasteiger charge is -2.15. The van der Waals surface area contributed by atoms with E-state index in [-0.39, 0.29) is 13.0 Å². The van der Waals surface area contributed by atoms with Gasteiger partial charge in [0.15, 0.2) is 0 Å². The van der Waals surface area contributed by atoms with Crippen molar-refractivity contribution < 1.29 is 19.1 Å². The van der Waals surface area contributed by atoms with Crippen molar-refractivity contribution in [2.75, 3.05) is 0 Å². The van der Waals surface area contributed by atoms with Crippen LogP contribution >= 0.6 is 11.6 Å². The second-order valence-electron chi connectivity index (χ2n) is 5.29. The molecule has 0 heterocycles. The number of nitrogens with two attached hydrogens (primary N) is 1. The average Bonchev–Trinajstić information content (AvgIpc) is 2.60. The molecule has 0 bridgehead atoms. The summed E-state index contributed by atoms with van der Waals surface area (Å²) >= 11 is 5.76. The first-order valence-corrected chi connectivity index (χ1v) is 7.89. The molecule has 0 aromatic heterocycles. The lowest BCUT2D eigenvalue weighted by molar-refractivity contribution is -0.146. The van der Waals surface area contributed by atoms with E-state index in [0.717, 1.165) is 5.56 Å². The highest BCUT2D eigenvalue weighted by Gasteiger charge is 2.23. The van der Waals surface area contributed by atoms with Crippen molar-refractivity contribution in [3.05, 3.63) is 70.7 Å². The molecule has 0 aliphatic carbocycles. The molecule has 2 amide bonds. The van der Waals surface area contributed by atoms with E-state index in [2.05, 4.69) is 5.32 Å². The number of ether oxygens (including phenoxy) is 1. The predicted octanol–water partition coefficient (Wildman–Crippen LogP) is 2.06. The van der Waals surface area contributed by atoms with Gasteiger partial charge in [0.05, 0.1) is 6.42 Å². The molecule has 25 heavy (non-hydrogen) atoms. The lowest BCUT2D eigenvalue weighted by Crippen LogP contribution is -2.45. The van der Waals surface area contributed by atoms with Gasteiger partial charge in [-0.1, -0.05) is 41.9 Å². The molecule has 0 saturated heterocycles. The van der Waals surface area contributed by atoms with Gasteiger partial charge in [0.1, 0.15) is 12.6 Å². The zero-order valence-electron chi connectivity index (χ0n) is 13.3. The molecule has 7 heteroatoms. The second kappa shape index (κ2) is 8.84. The van der Waals surface area contributed by atoms with Gasteiger partial charge in [0.2, 0.25) is 5.91 Å². The van der Waals surface area contributed by atoms with E-state index in [1.54, 1.807) is 24.3 Å². The number of esters is 1. The van der Waals surface area contributed by atoms with E-state index < -0.39 is 23.8 Å². The minimum absolute atomic E-state index is 0.0796. The molecule has 3 N–H and O–H groups in total. The second-order valence-corrected chi connectivity index (χ2v) is 5.72. The molecular weight excluding hydrogens is 344 g/mol. The molecule has 2 aromatic rings. The van der Waals surface area contributed by atoms with Crippen molar-refractivity contribution >= 4 is 29.4 Å². The first kappa shape index (κ1) is 18.5. The Labute approximate surface area is 149 Å². The smallest absolute Gasteiger partial charge is 0.308 e. The SMILES string of the molecule is NC(=O)[C@@H](CC(=O)OCc1ccccc1)NC(=O)c1ccc(Cl)cc1. The number of carbonyl (C=O) groups is 3. The fraction of sp³-hybridized carbons (Fsp3) is 0.167. The number of nitrogens with one attached hydrogen (secondary N) is 1. The van der Waals surface area contributed by atoms with Crippen LogP contribution < -0.4 is 11.1 Å². The third kappa shape index (κ3) is 5.93. The van der Waals surface area contributed by atoms with Crippen molar-refractivity contribution in [3.63, 3.8) is 0 Å². The van der Waals surface area contributed by atoms with Gasteiger partial charge in [0, 0.05) is 10.6 Å². The van der Waals surface area contributed by atoms with Crippen LogP contribution in [0.5, 0.6) is 0 Å². The summed E-state index contributed by atoms with van der Waals surface area (Å²) in [6.07, 6.45) is -0.346. The van der Waals surface area contributed by atoms with Gasteiger partial charge < -0.3 is 15.8 Å². The van der Waals surface area contributed by atoms with Crippen LogP contribution in [0.15, 0.2) is 54.6 Å². The molecule has 1 atom stereocenters. The summed E-state index contributed by atoms with van der Waals surface area (Å²) in [4.78, 5) is 35.5. The molecule has 0 aliphatic heterocycles. The van der Waals surface area contributed by atoms with Crippen LogP contribution in [0.25, 0.3) is 0 Å². The maximum Gasteiger partial charge on any atom is 0.308 e. The zero-order chi connectivity index (χ0) is 18.2. The van der Waals surface area contributed by atoms with Gasteiger partial charge in [-0.3, -0.25) is 14.4 Å². The summed E-state index contributed by atoms with van der Waals surface area (Å²) in [5.41, 5.74) is 6.38. The summed E-state index contributed by atoms with van der Waals surface area (Å²) in [5.74, 6) is -1.99. The largest absolute Gasteiger partial charge is 0.461 e. The topological polar surface area (TPSA) is 98.5 Å². The van der Waals surface area contributed by atoms with E-state index >= 15 is 0 Å². The van der Waals surface area contributed by atoms with Crippen LogP contribution in [0.1, 0.15) is 22.3 Å². The van der Waals surface area contributed by atoms with Crippen molar-refractivity contribution in [2.45, 2.75) is 19.1 Å². The van der Waals surface area contributed by atoms with Crippen LogP contribution in [-0.2, 0) is 20.9 Å². The maximum atomic E-state index is 12.1. The molecule has 0 unspecified atom stereocenters. The number of carbonyl (C=O) groups excluding carboxylic acids is 3. The Morgan fingerprint density at radius 2 is 1.68 bits per heavy atom. The highest BCUT2D eigenvalue weighted by atomic mass is 35.5. The summed E-state index contributed by atoms with van der Waals surface area (Å²) in [6, 6.07) is 14.0. The standard InChI is InChI=1S/C18H17ClN2O4/c19-14-8-6-13(7-9-14)18(24)21-15(17(20)23)10-16(22)25-11-12-4-2-1-3-5-12/h1-9,15H,10-11H2,(H2,20,23)(H,21,24)/t15-/m1/s1. The Balaban J connectivity index is 1.91. The third-order valence-electron chi connectivity index (χ3n) is 3.37. The van der Waals surface area contributed by atoms with E-state index in [1.807, 2.05) is 18.2 Å². The number of hydrogen-bond acceptors (Lipinski definition) is 4. The minimum atomic E-state index is -1.16. The molecule has 0 saturated carbocycles. The molecule has 0 aliphatic rings. The highest BCUT2D eigenvalue weighted by molar-refractivity contribution is 6.30. The third-order valence-corrected chi connectivity index (χ3v) is 3.62. The van der Waals surface area contributed by atoms with Gasteiger partial charge in [-0.25, -0.2) is 0 Å². The van der Waals surface area contributed by atoms with Crippen LogP contribution in [0.3, 0.4) is 0 Å². The molecule has 2 rings (SSSR count). The number of benzene rings is 2. The Bertz CT molecular complexity index is 747. The molecule has 0 fully saturated rings. The summed E-state index contributed by atoms with van der Waals surface area (Å²) in [7, 11) is 0. The van der Waals surface area contributed by atoms with Crippen LogP contribution in [-0.4, -0.2) is 23.8 Å². The van der Waals surface area contributed by atoms with E-state index in [9.17, 15) is 14.4 Å². The van der Waals surface area contributed by atoms with Gasteiger partial charge in [-0.15, -0.1) is 0 Å². The lowest BCUT2D eigenvalue weighted by atomic mass is 10.1. The predicted molar refractivity (Wildman–Crippen MR) is 92.8 cm³/mol. The monoisotopic (exact) mass is 360 g/mol. The zero-order valence-corrected chi connectivity index (χ0v) is 14.0. The molecule has 6 nitrogen and oxygen atoms in total. The number of halogens is 1. The van der Waals surface area contributed by atoms with Crippen LogP contribution in [0, 0.1) is 0 Å². The maximum absolute atomic E-state index is 12.1. The van der Waals surface area contributed by atoms with Crippen molar-refractivity contribution in [1.82, 2.24) is 5.32 Å². The van der Waals surface area contributed by atoms with Crippen LogP contribution in [0.2, 0.25) is 5.02 Å². The van der Waals surface area contributed by atoms with Gasteiger partial charge in [-0.2, -0.15) is 0 Å². The molecule has 0 radical (unpaired) electrons. The van der Waals surface area contributed by atoms with Crippen molar-refractivity contribution in [3.8, 4) is 0 Å². The van der Waals surface area contributed by atoms with E-state index in [1.165, 1.54) is 12.1 Å². The molecular formula is C18H17ClN2O4.